The van der Waals surface area contributed by atoms with Gasteiger partial charge in [0.15, 0.2) is 5.82 Å². The Balaban J connectivity index is 2.11. The van der Waals surface area contributed by atoms with E-state index in [1.807, 2.05) is 0 Å². The summed E-state index contributed by atoms with van der Waals surface area (Å²) in [5.41, 5.74) is 5.84. The number of nitrogen functional groups attached to an aromatic ring is 1. The molecule has 19 heavy (non-hydrogen) atoms. The standard InChI is InChI=1S/C12H15F2N3O2/c1-19-12(18)16-8-2-3-17(6-8)10-5-7(13)4-9(14)11(10)15/h4-5,8H,2-3,6,15H2,1H3,(H,16,18). The molecule has 0 saturated carbocycles. The van der Waals surface area contributed by atoms with Crippen LogP contribution in [0.1, 0.15) is 6.42 Å². The molecule has 5 nitrogen and oxygen atoms in total. The van der Waals surface area contributed by atoms with Gasteiger partial charge in [-0.25, -0.2) is 13.6 Å². The monoisotopic (exact) mass is 271 g/mol. The highest BCUT2D eigenvalue weighted by Crippen LogP contribution is 2.29. The van der Waals surface area contributed by atoms with Gasteiger partial charge in [-0.15, -0.1) is 0 Å². The zero-order chi connectivity index (χ0) is 14.0. The first-order valence-electron chi connectivity index (χ1n) is 5.85. The SMILES string of the molecule is COC(=O)NC1CCN(c2cc(F)cc(F)c2N)C1. The number of halogens is 2. The molecule has 2 rings (SSSR count). The summed E-state index contributed by atoms with van der Waals surface area (Å²) in [4.78, 5) is 12.8. The lowest BCUT2D eigenvalue weighted by atomic mass is 10.2. The number of anilines is 2. The van der Waals surface area contributed by atoms with E-state index in [9.17, 15) is 13.6 Å². The normalized spacial score (nSPS) is 18.5. The van der Waals surface area contributed by atoms with Crippen LogP contribution in [0.25, 0.3) is 0 Å². The number of rotatable bonds is 2. The maximum absolute atomic E-state index is 13.4. The predicted molar refractivity (Wildman–Crippen MR) is 66.9 cm³/mol. The molecule has 1 fully saturated rings. The molecule has 0 bridgehead atoms. The van der Waals surface area contributed by atoms with Crippen molar-refractivity contribution in [2.75, 3.05) is 30.8 Å². The van der Waals surface area contributed by atoms with Gasteiger partial charge in [0.1, 0.15) is 5.82 Å². The van der Waals surface area contributed by atoms with Gasteiger partial charge < -0.3 is 20.7 Å². The molecule has 1 aliphatic heterocycles. The highest BCUT2D eigenvalue weighted by Gasteiger charge is 2.26. The smallest absolute Gasteiger partial charge is 0.407 e. The molecule has 0 aromatic heterocycles. The minimum absolute atomic E-state index is 0.0832. The second kappa shape index (κ2) is 5.29. The molecule has 1 saturated heterocycles. The summed E-state index contributed by atoms with van der Waals surface area (Å²) in [5, 5.41) is 2.65. The number of carbonyl (C=O) groups excluding carboxylic acids is 1. The van der Waals surface area contributed by atoms with Gasteiger partial charge in [-0.05, 0) is 12.5 Å². The van der Waals surface area contributed by atoms with Crippen molar-refractivity contribution in [2.45, 2.75) is 12.5 Å². The van der Waals surface area contributed by atoms with Crippen LogP contribution in [-0.4, -0.2) is 32.3 Å². The van der Waals surface area contributed by atoms with Crippen molar-refractivity contribution in [3.63, 3.8) is 0 Å². The molecule has 1 amide bonds. The zero-order valence-electron chi connectivity index (χ0n) is 10.5. The topological polar surface area (TPSA) is 67.6 Å². The summed E-state index contributed by atoms with van der Waals surface area (Å²) in [7, 11) is 1.28. The number of benzene rings is 1. The molecule has 104 valence electrons. The fraction of sp³-hybridized carbons (Fsp3) is 0.417. The third-order valence-electron chi connectivity index (χ3n) is 3.11. The highest BCUT2D eigenvalue weighted by atomic mass is 19.1. The predicted octanol–water partition coefficient (Wildman–Crippen LogP) is 1.48. The molecule has 0 spiro atoms. The molecule has 7 heteroatoms. The Kier molecular flexibility index (Phi) is 3.73. The van der Waals surface area contributed by atoms with E-state index in [-0.39, 0.29) is 11.7 Å². The number of amides is 1. The Labute approximate surface area is 109 Å². The molecular weight excluding hydrogens is 256 g/mol. The van der Waals surface area contributed by atoms with Gasteiger partial charge in [-0.1, -0.05) is 0 Å². The van der Waals surface area contributed by atoms with E-state index in [1.54, 1.807) is 4.90 Å². The zero-order valence-corrected chi connectivity index (χ0v) is 10.5. The van der Waals surface area contributed by atoms with Crippen LogP contribution in [0.4, 0.5) is 25.0 Å². The van der Waals surface area contributed by atoms with Crippen LogP contribution in [0.5, 0.6) is 0 Å². The van der Waals surface area contributed by atoms with Crippen LogP contribution in [0.2, 0.25) is 0 Å². The van der Waals surface area contributed by atoms with Crippen LogP contribution in [0.3, 0.4) is 0 Å². The van der Waals surface area contributed by atoms with Gasteiger partial charge in [0, 0.05) is 19.2 Å². The van der Waals surface area contributed by atoms with Crippen LogP contribution < -0.4 is 16.0 Å². The summed E-state index contributed by atoms with van der Waals surface area (Å²) in [6.07, 6.45) is 0.136. The average Bonchev–Trinajstić information content (AvgIpc) is 2.81. The van der Waals surface area contributed by atoms with Crippen LogP contribution in [0.15, 0.2) is 12.1 Å². The summed E-state index contributed by atoms with van der Waals surface area (Å²) in [6.45, 7) is 0.990. The maximum Gasteiger partial charge on any atom is 0.407 e. The van der Waals surface area contributed by atoms with E-state index in [0.717, 1.165) is 6.07 Å². The molecule has 1 aromatic carbocycles. The van der Waals surface area contributed by atoms with Crippen molar-refractivity contribution in [3.8, 4) is 0 Å². The lowest BCUT2D eigenvalue weighted by Gasteiger charge is -2.21. The van der Waals surface area contributed by atoms with Gasteiger partial charge in [-0.3, -0.25) is 0 Å². The summed E-state index contributed by atoms with van der Waals surface area (Å²) >= 11 is 0. The minimum atomic E-state index is -0.778. The van der Waals surface area contributed by atoms with Crippen LogP contribution in [0, 0.1) is 11.6 Å². The number of nitrogens with zero attached hydrogens (tertiary/aromatic N) is 1. The molecular formula is C12H15F2N3O2. The third-order valence-corrected chi connectivity index (χ3v) is 3.11. The van der Waals surface area contributed by atoms with Crippen molar-refractivity contribution in [2.24, 2.45) is 0 Å². The number of ether oxygens (including phenoxy) is 1. The first-order valence-corrected chi connectivity index (χ1v) is 5.85. The second-order valence-electron chi connectivity index (χ2n) is 4.39. The fourth-order valence-electron chi connectivity index (χ4n) is 2.16. The van der Waals surface area contributed by atoms with Crippen molar-refractivity contribution in [1.82, 2.24) is 5.32 Å². The number of hydrogen-bond acceptors (Lipinski definition) is 4. The van der Waals surface area contributed by atoms with Gasteiger partial charge in [0.05, 0.1) is 24.5 Å². The Morgan fingerprint density at radius 3 is 2.95 bits per heavy atom. The first kappa shape index (κ1) is 13.4. The number of nitrogens with one attached hydrogen (secondary N) is 1. The summed E-state index contributed by atoms with van der Waals surface area (Å²) in [6, 6.07) is 1.82. The van der Waals surface area contributed by atoms with E-state index < -0.39 is 17.7 Å². The molecule has 3 N–H and O–H groups in total. The lowest BCUT2D eigenvalue weighted by molar-refractivity contribution is 0.167. The van der Waals surface area contributed by atoms with Gasteiger partial charge in [-0.2, -0.15) is 0 Å². The Morgan fingerprint density at radius 1 is 1.53 bits per heavy atom. The van der Waals surface area contributed by atoms with E-state index in [4.69, 9.17) is 5.73 Å². The molecule has 1 aromatic rings. The molecule has 1 heterocycles. The summed E-state index contributed by atoms with van der Waals surface area (Å²) < 4.78 is 31.1. The third kappa shape index (κ3) is 2.86. The van der Waals surface area contributed by atoms with Crippen molar-refractivity contribution < 1.29 is 18.3 Å². The fourth-order valence-corrected chi connectivity index (χ4v) is 2.16. The van der Waals surface area contributed by atoms with Crippen molar-refractivity contribution >= 4 is 17.5 Å². The van der Waals surface area contributed by atoms with Crippen molar-refractivity contribution in [1.29, 1.82) is 0 Å². The van der Waals surface area contributed by atoms with Gasteiger partial charge in [0.2, 0.25) is 0 Å². The molecule has 0 radical (unpaired) electrons. The Morgan fingerprint density at radius 2 is 2.26 bits per heavy atom. The second-order valence-corrected chi connectivity index (χ2v) is 4.39. The Hall–Kier alpha value is -2.05. The molecule has 1 atom stereocenters. The quantitative estimate of drug-likeness (QED) is 0.800. The van der Waals surface area contributed by atoms with Crippen LogP contribution in [-0.2, 0) is 4.74 Å². The van der Waals surface area contributed by atoms with E-state index in [0.29, 0.717) is 25.2 Å². The van der Waals surface area contributed by atoms with Crippen LogP contribution >= 0.6 is 0 Å². The van der Waals surface area contributed by atoms with E-state index in [2.05, 4.69) is 10.1 Å². The number of hydrogen-bond donors (Lipinski definition) is 2. The largest absolute Gasteiger partial charge is 0.453 e. The lowest BCUT2D eigenvalue weighted by Crippen LogP contribution is -2.37. The number of nitrogens with two attached hydrogens (primary N) is 1. The molecule has 0 aliphatic carbocycles. The maximum atomic E-state index is 13.4. The number of alkyl carbamates (subject to hydrolysis) is 1. The van der Waals surface area contributed by atoms with Gasteiger partial charge in [0.25, 0.3) is 0 Å². The van der Waals surface area contributed by atoms with E-state index in [1.165, 1.54) is 13.2 Å². The Bertz CT molecular complexity index is 496. The van der Waals surface area contributed by atoms with Gasteiger partial charge >= 0.3 is 6.09 Å². The van der Waals surface area contributed by atoms with E-state index >= 15 is 0 Å². The minimum Gasteiger partial charge on any atom is -0.453 e. The average molecular weight is 271 g/mol. The highest BCUT2D eigenvalue weighted by molar-refractivity contribution is 5.70. The molecule has 1 unspecified atom stereocenters. The summed E-state index contributed by atoms with van der Waals surface area (Å²) in [5.74, 6) is -1.45. The number of methoxy groups -OCH3 is 1. The molecule has 1 aliphatic rings. The van der Waals surface area contributed by atoms with Crippen molar-refractivity contribution in [3.05, 3.63) is 23.8 Å². The first-order chi connectivity index (χ1) is 9.01. The number of carbonyl (C=O) groups is 1.